The van der Waals surface area contributed by atoms with E-state index in [0.29, 0.717) is 11.4 Å². The van der Waals surface area contributed by atoms with E-state index in [-0.39, 0.29) is 22.5 Å². The highest BCUT2D eigenvalue weighted by Crippen LogP contribution is 2.23. The number of nitrogens with zero attached hydrogens (tertiary/aromatic N) is 2. The number of halogens is 1. The summed E-state index contributed by atoms with van der Waals surface area (Å²) < 4.78 is 18.9. The summed E-state index contributed by atoms with van der Waals surface area (Å²) in [5.41, 5.74) is 1.13. The zero-order valence-electron chi connectivity index (χ0n) is 12.3. The average molecular weight is 345 g/mol. The molecule has 1 aromatic heterocycles. The van der Waals surface area contributed by atoms with Crippen LogP contribution < -0.4 is 15.1 Å². The van der Waals surface area contributed by atoms with Gasteiger partial charge in [-0.25, -0.2) is 4.39 Å². The molecule has 0 fully saturated rings. The first-order valence-electron chi connectivity index (χ1n) is 6.96. The molecule has 3 aromatic rings. The number of benzene rings is 2. The number of nitrogens with one attached hydrogen (secondary N) is 1. The number of thioether (sulfide) groups is 1. The number of rotatable bonds is 5. The molecule has 0 atom stereocenters. The monoisotopic (exact) mass is 345 g/mol. The summed E-state index contributed by atoms with van der Waals surface area (Å²) in [4.78, 5) is 12.0. The molecule has 24 heavy (non-hydrogen) atoms. The van der Waals surface area contributed by atoms with E-state index in [9.17, 15) is 14.3 Å². The number of anilines is 1. The van der Waals surface area contributed by atoms with E-state index in [1.165, 1.54) is 28.9 Å². The van der Waals surface area contributed by atoms with Gasteiger partial charge in [0.1, 0.15) is 5.82 Å². The minimum atomic E-state index is -0.613. The summed E-state index contributed by atoms with van der Waals surface area (Å²) >= 11 is 1.01. The average Bonchev–Trinajstić information content (AvgIpc) is 2.97. The van der Waals surface area contributed by atoms with Crippen molar-refractivity contribution in [1.29, 1.82) is 0 Å². The van der Waals surface area contributed by atoms with Crippen molar-refractivity contribution < 1.29 is 23.5 Å². The zero-order valence-corrected chi connectivity index (χ0v) is 13.1. The fourth-order valence-corrected chi connectivity index (χ4v) is 2.71. The number of carbonyl (C=O) groups is 1. The van der Waals surface area contributed by atoms with E-state index in [4.69, 9.17) is 0 Å². The van der Waals surface area contributed by atoms with Gasteiger partial charge in [-0.3, -0.25) is 4.79 Å². The first kappa shape index (κ1) is 16.0. The van der Waals surface area contributed by atoms with Gasteiger partial charge in [0.2, 0.25) is 11.6 Å². The lowest BCUT2D eigenvalue weighted by Gasteiger charge is -2.04. The Morgan fingerprint density at radius 1 is 1.21 bits per heavy atom. The maximum atomic E-state index is 12.8. The van der Waals surface area contributed by atoms with Crippen LogP contribution in [-0.4, -0.2) is 16.9 Å². The van der Waals surface area contributed by atoms with Crippen molar-refractivity contribution in [1.82, 2.24) is 5.27 Å². The van der Waals surface area contributed by atoms with Crippen LogP contribution in [0, 0.1) is 5.82 Å². The number of para-hydroxylation sites is 1. The molecular formula is C16H12FN3O3S. The lowest BCUT2D eigenvalue weighted by atomic mass is 10.3. The molecule has 1 amide bonds. The lowest BCUT2D eigenvalue weighted by molar-refractivity contribution is -0.705. The van der Waals surface area contributed by atoms with Gasteiger partial charge in [0.05, 0.1) is 11.0 Å². The lowest BCUT2D eigenvalue weighted by Crippen LogP contribution is -2.35. The highest BCUT2D eigenvalue weighted by atomic mass is 32.2. The van der Waals surface area contributed by atoms with Gasteiger partial charge < -0.3 is 14.9 Å². The van der Waals surface area contributed by atoms with Crippen LogP contribution in [-0.2, 0) is 4.79 Å². The highest BCUT2D eigenvalue weighted by Gasteiger charge is 2.21. The van der Waals surface area contributed by atoms with Crippen molar-refractivity contribution in [3.05, 3.63) is 60.4 Å². The van der Waals surface area contributed by atoms with Crippen molar-refractivity contribution in [2.45, 2.75) is 5.03 Å². The summed E-state index contributed by atoms with van der Waals surface area (Å²) in [5.74, 6) is -1.34. The van der Waals surface area contributed by atoms with Gasteiger partial charge in [-0.1, -0.05) is 18.2 Å². The topological polar surface area (TPSA) is 82.1 Å². The molecule has 0 bridgehead atoms. The number of aromatic nitrogens is 2. The Balaban J connectivity index is 1.67. The van der Waals surface area contributed by atoms with Crippen molar-refractivity contribution in [2.24, 2.45) is 0 Å². The minimum Gasteiger partial charge on any atom is -0.538 e. The Labute approximate surface area is 140 Å². The van der Waals surface area contributed by atoms with E-state index in [1.54, 1.807) is 24.3 Å². The van der Waals surface area contributed by atoms with Gasteiger partial charge in [-0.05, 0) is 40.7 Å². The normalized spacial score (nSPS) is 10.5. The van der Waals surface area contributed by atoms with Gasteiger partial charge in [0.25, 0.3) is 5.03 Å². The molecule has 0 radical (unpaired) electrons. The van der Waals surface area contributed by atoms with Crippen molar-refractivity contribution in [3.63, 3.8) is 0 Å². The van der Waals surface area contributed by atoms with Crippen LogP contribution in [0.4, 0.5) is 10.1 Å². The molecule has 0 aliphatic rings. The molecule has 8 heteroatoms. The Bertz CT molecular complexity index is 838. The SMILES string of the molecule is O=C(CSc1c([O-])on[n+]1-c1ccccc1)Nc1ccc(F)cc1. The maximum absolute atomic E-state index is 12.8. The molecule has 0 unspecified atom stereocenters. The predicted octanol–water partition coefficient (Wildman–Crippen LogP) is 1.89. The van der Waals surface area contributed by atoms with E-state index >= 15 is 0 Å². The fraction of sp³-hybridized carbons (Fsp3) is 0.0625. The summed E-state index contributed by atoms with van der Waals surface area (Å²) in [6.45, 7) is 0. The van der Waals surface area contributed by atoms with Crippen LogP contribution in [0.3, 0.4) is 0 Å². The first-order valence-corrected chi connectivity index (χ1v) is 7.95. The van der Waals surface area contributed by atoms with Crippen LogP contribution in [0.15, 0.2) is 64.1 Å². The van der Waals surface area contributed by atoms with Crippen LogP contribution in [0.25, 0.3) is 5.69 Å². The Morgan fingerprint density at radius 2 is 1.92 bits per heavy atom. The minimum absolute atomic E-state index is 0.0132. The second-order valence-electron chi connectivity index (χ2n) is 4.76. The van der Waals surface area contributed by atoms with Gasteiger partial charge in [0, 0.05) is 17.8 Å². The molecule has 122 valence electrons. The third-order valence-electron chi connectivity index (χ3n) is 3.04. The number of hydrogen-bond acceptors (Lipinski definition) is 5. The smallest absolute Gasteiger partial charge is 0.298 e. The van der Waals surface area contributed by atoms with Gasteiger partial charge in [-0.15, -0.1) is 0 Å². The first-order chi connectivity index (χ1) is 11.6. The summed E-state index contributed by atoms with van der Waals surface area (Å²) in [6, 6.07) is 14.4. The molecule has 0 aliphatic carbocycles. The zero-order chi connectivity index (χ0) is 16.9. The van der Waals surface area contributed by atoms with Crippen LogP contribution in [0.2, 0.25) is 0 Å². The predicted molar refractivity (Wildman–Crippen MR) is 83.2 cm³/mol. The standard InChI is InChI=1S/C16H12FN3O3S/c17-11-6-8-12(9-7-11)18-14(21)10-24-15-16(22)23-19-20(15)13-4-2-1-3-5-13/h1-9H,10H2,(H-,18,19,21,22). The molecule has 2 aromatic carbocycles. The fourth-order valence-electron chi connectivity index (χ4n) is 1.96. The van der Waals surface area contributed by atoms with Gasteiger partial charge in [0.15, 0.2) is 5.95 Å². The van der Waals surface area contributed by atoms with Crippen LogP contribution >= 0.6 is 11.8 Å². The van der Waals surface area contributed by atoms with E-state index < -0.39 is 5.95 Å². The molecule has 0 aliphatic heterocycles. The third-order valence-corrected chi connectivity index (χ3v) is 4.06. The third kappa shape index (κ3) is 3.72. The Kier molecular flexibility index (Phi) is 4.76. The molecule has 1 heterocycles. The second kappa shape index (κ2) is 7.14. The van der Waals surface area contributed by atoms with Crippen LogP contribution in [0.1, 0.15) is 0 Å². The van der Waals surface area contributed by atoms with Crippen LogP contribution in [0.5, 0.6) is 5.95 Å². The number of amides is 1. The molecule has 0 saturated carbocycles. The highest BCUT2D eigenvalue weighted by molar-refractivity contribution is 7.99. The Morgan fingerprint density at radius 3 is 2.62 bits per heavy atom. The summed E-state index contributed by atoms with van der Waals surface area (Å²) in [7, 11) is 0. The molecule has 6 nitrogen and oxygen atoms in total. The van der Waals surface area contributed by atoms with E-state index in [0.717, 1.165) is 11.8 Å². The largest absolute Gasteiger partial charge is 0.538 e. The van der Waals surface area contributed by atoms with Crippen molar-refractivity contribution in [3.8, 4) is 11.6 Å². The Hall–Kier alpha value is -2.87. The van der Waals surface area contributed by atoms with E-state index in [1.807, 2.05) is 6.07 Å². The quantitative estimate of drug-likeness (QED) is 0.564. The van der Waals surface area contributed by atoms with Gasteiger partial charge >= 0.3 is 0 Å². The number of carbonyl (C=O) groups excluding carboxylic acids is 1. The maximum Gasteiger partial charge on any atom is 0.298 e. The summed E-state index contributed by atoms with van der Waals surface area (Å²) in [6.07, 6.45) is 0. The molecule has 1 N–H and O–H groups in total. The summed E-state index contributed by atoms with van der Waals surface area (Å²) in [5, 5.41) is 18.3. The van der Waals surface area contributed by atoms with Gasteiger partial charge in [-0.2, -0.15) is 0 Å². The number of hydrogen-bond donors (Lipinski definition) is 1. The van der Waals surface area contributed by atoms with Crippen molar-refractivity contribution in [2.75, 3.05) is 11.1 Å². The molecule has 3 rings (SSSR count). The second-order valence-corrected chi connectivity index (χ2v) is 5.72. The van der Waals surface area contributed by atoms with E-state index in [2.05, 4.69) is 15.1 Å². The molecular weight excluding hydrogens is 333 g/mol. The molecule has 0 spiro atoms. The van der Waals surface area contributed by atoms with Crippen molar-refractivity contribution >= 4 is 23.4 Å². The molecule has 0 saturated heterocycles.